The van der Waals surface area contributed by atoms with Crippen molar-refractivity contribution in [2.24, 2.45) is 0 Å². The smallest absolute Gasteiger partial charge is 0.337 e. The fourth-order valence-electron chi connectivity index (χ4n) is 2.33. The van der Waals surface area contributed by atoms with Crippen LogP contribution in [0.3, 0.4) is 0 Å². The molecule has 1 aliphatic heterocycles. The first-order valence-corrected chi connectivity index (χ1v) is 18.6. The van der Waals surface area contributed by atoms with Crippen LogP contribution >= 0.6 is 0 Å². The van der Waals surface area contributed by atoms with Crippen LogP contribution < -0.4 is 0 Å². The summed E-state index contributed by atoms with van der Waals surface area (Å²) in [5.74, 6) is -0.300. The number of carbonyl (C=O) groups excluding carboxylic acids is 1. The molecule has 23 heavy (non-hydrogen) atoms. The monoisotopic (exact) mass is 378 g/mol. The second kappa shape index (κ2) is 7.49. The highest BCUT2D eigenvalue weighted by atomic mass is 28.4. The van der Waals surface area contributed by atoms with Crippen molar-refractivity contribution in [3.05, 3.63) is 0 Å². The number of cyclic esters (lactones) is 1. The molecule has 1 fully saturated rings. The summed E-state index contributed by atoms with van der Waals surface area (Å²) in [6.07, 6.45) is -0.422. The van der Waals surface area contributed by atoms with E-state index in [1.54, 1.807) is 0 Å². The van der Waals surface area contributed by atoms with E-state index in [2.05, 4.69) is 58.9 Å². The van der Waals surface area contributed by atoms with Crippen molar-refractivity contribution < 1.29 is 22.8 Å². The van der Waals surface area contributed by atoms with Crippen LogP contribution in [0.5, 0.6) is 0 Å². The first kappa shape index (κ1) is 21.0. The Kier molecular flexibility index (Phi) is 6.85. The molecule has 8 heteroatoms. The van der Waals surface area contributed by atoms with Gasteiger partial charge in [-0.2, -0.15) is 0 Å². The summed E-state index contributed by atoms with van der Waals surface area (Å²) in [5, 5.41) is 0. The minimum atomic E-state index is -1.86. The van der Waals surface area contributed by atoms with Gasteiger partial charge in [0.05, 0.1) is 12.7 Å². The van der Waals surface area contributed by atoms with Crippen LogP contribution in [0.2, 0.25) is 58.9 Å². The third-order valence-corrected chi connectivity index (χ3v) is 6.04. The molecule has 0 aromatic carbocycles. The van der Waals surface area contributed by atoms with Gasteiger partial charge in [0.2, 0.25) is 0 Å². The summed E-state index contributed by atoms with van der Waals surface area (Å²) < 4.78 is 23.8. The van der Waals surface area contributed by atoms with Crippen molar-refractivity contribution in [1.29, 1.82) is 0 Å². The average Bonchev–Trinajstić information content (AvgIpc) is 2.27. The molecule has 5 nitrogen and oxygen atoms in total. The Morgan fingerprint density at radius 3 is 1.87 bits per heavy atom. The summed E-state index contributed by atoms with van der Waals surface area (Å²) in [5.41, 5.74) is 0. The van der Waals surface area contributed by atoms with Crippen molar-refractivity contribution in [3.63, 3.8) is 0 Å². The van der Waals surface area contributed by atoms with Crippen molar-refractivity contribution in [3.8, 4) is 0 Å². The summed E-state index contributed by atoms with van der Waals surface area (Å²) in [6, 6.07) is 0. The minimum Gasteiger partial charge on any atom is -0.458 e. The SMILES string of the molecule is C[Si](C)(C)OCC1CC(O[Si](C)(C)C)C(O[Si](C)(C)C)C(=O)O1. The molecule has 1 saturated heterocycles. The molecule has 1 rings (SSSR count). The molecule has 0 aliphatic carbocycles. The molecule has 1 heterocycles. The van der Waals surface area contributed by atoms with Crippen LogP contribution in [0, 0.1) is 0 Å². The van der Waals surface area contributed by atoms with Gasteiger partial charge in [0.1, 0.15) is 6.10 Å². The number of hydrogen-bond acceptors (Lipinski definition) is 5. The van der Waals surface area contributed by atoms with Crippen LogP contribution in [0.15, 0.2) is 0 Å². The van der Waals surface area contributed by atoms with Gasteiger partial charge in [-0.3, -0.25) is 0 Å². The lowest BCUT2D eigenvalue weighted by molar-refractivity contribution is -0.177. The molecule has 136 valence electrons. The minimum absolute atomic E-state index is 0.232. The third kappa shape index (κ3) is 8.59. The molecular weight excluding hydrogens is 344 g/mol. The maximum atomic E-state index is 12.5. The van der Waals surface area contributed by atoms with Crippen molar-refractivity contribution in [2.45, 2.75) is 83.7 Å². The van der Waals surface area contributed by atoms with Gasteiger partial charge in [0, 0.05) is 6.42 Å². The number of carbonyl (C=O) groups is 1. The summed E-state index contributed by atoms with van der Waals surface area (Å²) in [6.45, 7) is 19.5. The van der Waals surface area contributed by atoms with E-state index in [-0.39, 0.29) is 18.2 Å². The summed E-state index contributed by atoms with van der Waals surface area (Å²) in [7, 11) is -5.28. The topological polar surface area (TPSA) is 54.0 Å². The molecule has 0 radical (unpaired) electrons. The fourth-order valence-corrected chi connectivity index (χ4v) is 5.15. The zero-order chi connectivity index (χ0) is 18.1. The zero-order valence-corrected chi connectivity index (χ0v) is 19.2. The first-order chi connectivity index (χ1) is 10.2. The molecule has 0 N–H and O–H groups in total. The van der Waals surface area contributed by atoms with Crippen molar-refractivity contribution >= 4 is 30.9 Å². The quantitative estimate of drug-likeness (QED) is 0.500. The second-order valence-corrected chi connectivity index (χ2v) is 22.6. The van der Waals surface area contributed by atoms with Crippen LogP contribution in [0.1, 0.15) is 6.42 Å². The molecule has 0 amide bonds. The van der Waals surface area contributed by atoms with Crippen molar-refractivity contribution in [2.75, 3.05) is 6.61 Å². The molecule has 3 unspecified atom stereocenters. The van der Waals surface area contributed by atoms with Gasteiger partial charge in [-0.25, -0.2) is 4.79 Å². The Labute approximate surface area is 144 Å². The predicted molar refractivity (Wildman–Crippen MR) is 100 cm³/mol. The lowest BCUT2D eigenvalue weighted by Crippen LogP contribution is -2.55. The highest BCUT2D eigenvalue weighted by Gasteiger charge is 2.44. The van der Waals surface area contributed by atoms with Crippen LogP contribution in [-0.4, -0.2) is 55.8 Å². The lowest BCUT2D eigenvalue weighted by Gasteiger charge is -2.40. The normalized spacial score (nSPS) is 27.0. The first-order valence-electron chi connectivity index (χ1n) is 8.36. The molecule has 0 aromatic heterocycles. The van der Waals surface area contributed by atoms with Gasteiger partial charge >= 0.3 is 5.97 Å². The van der Waals surface area contributed by atoms with Crippen LogP contribution in [-0.2, 0) is 22.8 Å². The van der Waals surface area contributed by atoms with Gasteiger partial charge in [0.15, 0.2) is 31.1 Å². The van der Waals surface area contributed by atoms with E-state index in [1.807, 2.05) is 0 Å². The van der Waals surface area contributed by atoms with E-state index in [1.165, 1.54) is 0 Å². The molecule has 0 aromatic rings. The van der Waals surface area contributed by atoms with E-state index >= 15 is 0 Å². The number of rotatable bonds is 7. The highest BCUT2D eigenvalue weighted by Crippen LogP contribution is 2.27. The third-order valence-electron chi connectivity index (χ3n) is 3.04. The number of esters is 1. The Morgan fingerprint density at radius 2 is 1.43 bits per heavy atom. The number of hydrogen-bond donors (Lipinski definition) is 0. The van der Waals surface area contributed by atoms with Gasteiger partial charge in [-0.15, -0.1) is 0 Å². The summed E-state index contributed by atoms with van der Waals surface area (Å²) >= 11 is 0. The maximum Gasteiger partial charge on any atom is 0.337 e. The van der Waals surface area contributed by atoms with E-state index in [0.717, 1.165) is 0 Å². The van der Waals surface area contributed by atoms with E-state index < -0.39 is 31.1 Å². The maximum absolute atomic E-state index is 12.5. The van der Waals surface area contributed by atoms with E-state index in [0.29, 0.717) is 13.0 Å². The van der Waals surface area contributed by atoms with Crippen molar-refractivity contribution in [1.82, 2.24) is 0 Å². The van der Waals surface area contributed by atoms with Crippen LogP contribution in [0.25, 0.3) is 0 Å². The highest BCUT2D eigenvalue weighted by molar-refractivity contribution is 6.70. The second-order valence-electron chi connectivity index (χ2n) is 9.14. The Balaban J connectivity index is 2.83. The molecule has 1 aliphatic rings. The molecule has 3 atom stereocenters. The molecule has 0 spiro atoms. The van der Waals surface area contributed by atoms with Crippen LogP contribution in [0.4, 0.5) is 0 Å². The van der Waals surface area contributed by atoms with Gasteiger partial charge < -0.3 is 18.0 Å². The predicted octanol–water partition coefficient (Wildman–Crippen LogP) is 3.59. The Bertz CT molecular complexity index is 409. The standard InChI is InChI=1S/C15H34O5Si3/c1-21(2,3)17-11-12-10-13(19-22(4,5)6)14(15(16)18-12)20-23(7,8)9/h12-14H,10-11H2,1-9H3. The average molecular weight is 379 g/mol. The zero-order valence-electron chi connectivity index (χ0n) is 16.2. The van der Waals surface area contributed by atoms with Gasteiger partial charge in [-0.05, 0) is 58.9 Å². The number of ether oxygens (including phenoxy) is 1. The van der Waals surface area contributed by atoms with E-state index in [4.69, 9.17) is 18.0 Å². The lowest BCUT2D eigenvalue weighted by atomic mass is 10.0. The fraction of sp³-hybridized carbons (Fsp3) is 0.933. The molecule has 0 bridgehead atoms. The van der Waals surface area contributed by atoms with E-state index in [9.17, 15) is 4.79 Å². The molecular formula is C15H34O5Si3. The molecule has 0 saturated carbocycles. The summed E-state index contributed by atoms with van der Waals surface area (Å²) in [4.78, 5) is 12.5. The Morgan fingerprint density at radius 1 is 0.913 bits per heavy atom. The Hall–Kier alpha value is 0.000649. The van der Waals surface area contributed by atoms with Gasteiger partial charge in [0.25, 0.3) is 0 Å². The van der Waals surface area contributed by atoms with Gasteiger partial charge in [-0.1, -0.05) is 0 Å². The largest absolute Gasteiger partial charge is 0.458 e.